The van der Waals surface area contributed by atoms with Gasteiger partial charge in [-0.3, -0.25) is 9.36 Å². The monoisotopic (exact) mass is 527 g/mol. The van der Waals surface area contributed by atoms with E-state index in [1.807, 2.05) is 20.8 Å². The van der Waals surface area contributed by atoms with Gasteiger partial charge in [0.15, 0.2) is 0 Å². The fourth-order valence-electron chi connectivity index (χ4n) is 4.80. The van der Waals surface area contributed by atoms with Gasteiger partial charge in [-0.2, -0.15) is 0 Å². The smallest absolute Gasteiger partial charge is 0.410 e. The molecule has 1 saturated heterocycles. The quantitative estimate of drug-likeness (QED) is 0.367. The number of ether oxygens (including phenoxy) is 1. The molecule has 4 rings (SSSR count). The van der Waals surface area contributed by atoms with E-state index in [0.29, 0.717) is 54.4 Å². The van der Waals surface area contributed by atoms with Gasteiger partial charge in [-0.25, -0.2) is 14.2 Å². The van der Waals surface area contributed by atoms with E-state index >= 15 is 0 Å². The van der Waals surface area contributed by atoms with Gasteiger partial charge in [0.1, 0.15) is 17.1 Å². The van der Waals surface area contributed by atoms with Gasteiger partial charge in [-0.15, -0.1) is 0 Å². The number of nitrogens with zero attached hydrogens (tertiary/aromatic N) is 3. The van der Waals surface area contributed by atoms with Crippen molar-refractivity contribution in [1.82, 2.24) is 14.5 Å². The van der Waals surface area contributed by atoms with Gasteiger partial charge in [-0.05, 0) is 68.7 Å². The minimum atomic E-state index is -0.556. The summed E-state index contributed by atoms with van der Waals surface area (Å²) in [4.78, 5) is 32.5. The summed E-state index contributed by atoms with van der Waals surface area (Å²) in [7, 11) is 0. The Morgan fingerprint density at radius 2 is 1.76 bits per heavy atom. The van der Waals surface area contributed by atoms with E-state index in [1.165, 1.54) is 6.07 Å². The lowest BCUT2D eigenvalue weighted by Crippen LogP contribution is -2.41. The van der Waals surface area contributed by atoms with Crippen LogP contribution in [0.3, 0.4) is 0 Å². The zero-order chi connectivity index (χ0) is 27.1. The number of piperidine rings is 1. The Kier molecular flexibility index (Phi) is 7.39. The van der Waals surface area contributed by atoms with Gasteiger partial charge in [0.2, 0.25) is 0 Å². The highest BCUT2D eigenvalue weighted by Crippen LogP contribution is 2.37. The summed E-state index contributed by atoms with van der Waals surface area (Å²) >= 11 is 6.69. The van der Waals surface area contributed by atoms with Crippen molar-refractivity contribution in [3.63, 3.8) is 0 Å². The van der Waals surface area contributed by atoms with E-state index in [0.717, 1.165) is 10.9 Å². The topological polar surface area (TPSA) is 64.4 Å². The van der Waals surface area contributed by atoms with Gasteiger partial charge >= 0.3 is 6.09 Å². The molecule has 0 saturated carbocycles. The van der Waals surface area contributed by atoms with Crippen molar-refractivity contribution in [3.05, 3.63) is 63.2 Å². The maximum absolute atomic E-state index is 14.7. The largest absolute Gasteiger partial charge is 0.444 e. The van der Waals surface area contributed by atoms with Gasteiger partial charge in [-0.1, -0.05) is 44.5 Å². The van der Waals surface area contributed by atoms with Gasteiger partial charge in [0, 0.05) is 36.7 Å². The third kappa shape index (κ3) is 6.15. The van der Waals surface area contributed by atoms with Crippen LogP contribution in [0.15, 0.2) is 41.2 Å². The normalized spacial score (nSPS) is 15.3. The average molecular weight is 528 g/mol. The van der Waals surface area contributed by atoms with Crippen LogP contribution in [0.25, 0.3) is 22.3 Å². The van der Waals surface area contributed by atoms with Gasteiger partial charge < -0.3 is 9.64 Å². The van der Waals surface area contributed by atoms with Crippen LogP contribution in [0.2, 0.25) is 5.02 Å². The first-order chi connectivity index (χ1) is 17.2. The number of amides is 1. The standard InChI is InChI=1S/C29H35ClFN3O3/c1-28(2,3)17-34-24(35)16-20(18-11-13-33(14-12-18)27(36)37-29(4,5)6)21-15-22(30)25(32-26(21)34)19-9-7-8-10-23(19)31/h7-10,15-16,18H,11-14,17H2,1-6H3. The van der Waals surface area contributed by atoms with Crippen molar-refractivity contribution in [2.75, 3.05) is 13.1 Å². The number of hydrogen-bond acceptors (Lipinski definition) is 4. The van der Waals surface area contributed by atoms with E-state index < -0.39 is 11.4 Å². The molecule has 8 heteroatoms. The van der Waals surface area contributed by atoms with Gasteiger partial charge in [0.05, 0.1) is 10.7 Å². The van der Waals surface area contributed by atoms with Crippen LogP contribution in [0.5, 0.6) is 0 Å². The SMILES string of the molecule is CC(C)(C)Cn1c(=O)cc(C2CCN(C(=O)OC(C)(C)C)CC2)c2cc(Cl)c(-c3ccccc3F)nc21. The summed E-state index contributed by atoms with van der Waals surface area (Å²) in [6.07, 6.45) is 1.05. The molecule has 0 spiro atoms. The molecule has 3 aromatic rings. The number of benzene rings is 1. The first-order valence-electron chi connectivity index (χ1n) is 12.7. The van der Waals surface area contributed by atoms with Crippen molar-refractivity contribution < 1.29 is 13.9 Å². The van der Waals surface area contributed by atoms with Crippen molar-refractivity contribution in [2.45, 2.75) is 72.4 Å². The minimum absolute atomic E-state index is 0.0513. The molecule has 0 bridgehead atoms. The molecule has 1 fully saturated rings. The number of aromatic nitrogens is 2. The molecular formula is C29H35ClFN3O3. The van der Waals surface area contributed by atoms with Crippen LogP contribution in [-0.2, 0) is 11.3 Å². The summed E-state index contributed by atoms with van der Waals surface area (Å²) in [5.41, 5.74) is 1.07. The second-order valence-electron chi connectivity index (χ2n) is 12.0. The molecule has 1 aliphatic heterocycles. The summed E-state index contributed by atoms with van der Waals surface area (Å²) in [5, 5.41) is 1.11. The lowest BCUT2D eigenvalue weighted by atomic mass is 9.87. The summed E-state index contributed by atoms with van der Waals surface area (Å²) in [6, 6.07) is 9.84. The number of halogens is 2. The molecule has 0 atom stereocenters. The van der Waals surface area contributed by atoms with E-state index in [2.05, 4.69) is 20.8 Å². The Bertz CT molecular complexity index is 1380. The molecule has 3 heterocycles. The van der Waals surface area contributed by atoms with Crippen LogP contribution in [0.4, 0.5) is 9.18 Å². The van der Waals surface area contributed by atoms with Crippen LogP contribution in [-0.4, -0.2) is 39.2 Å². The molecule has 1 amide bonds. The number of pyridine rings is 2. The lowest BCUT2D eigenvalue weighted by Gasteiger charge is -2.34. The first kappa shape index (κ1) is 27.1. The Morgan fingerprint density at radius 3 is 2.35 bits per heavy atom. The predicted molar refractivity (Wildman–Crippen MR) is 146 cm³/mol. The maximum atomic E-state index is 14.7. The number of fused-ring (bicyclic) bond motifs is 1. The zero-order valence-corrected chi connectivity index (χ0v) is 23.2. The Labute approximate surface area is 222 Å². The molecular weight excluding hydrogens is 493 g/mol. The molecule has 0 aliphatic carbocycles. The Hall–Kier alpha value is -2.93. The van der Waals surface area contributed by atoms with Gasteiger partial charge in [0.25, 0.3) is 5.56 Å². The van der Waals surface area contributed by atoms with E-state index in [1.54, 1.807) is 39.8 Å². The third-order valence-electron chi connectivity index (χ3n) is 6.42. The highest BCUT2D eigenvalue weighted by molar-refractivity contribution is 6.33. The fraction of sp³-hybridized carbons (Fsp3) is 0.483. The number of rotatable bonds is 3. The summed E-state index contributed by atoms with van der Waals surface area (Å²) in [6.45, 7) is 13.2. The first-order valence-corrected chi connectivity index (χ1v) is 13.1. The highest BCUT2D eigenvalue weighted by Gasteiger charge is 2.30. The number of carbonyl (C=O) groups excluding carboxylic acids is 1. The summed E-state index contributed by atoms with van der Waals surface area (Å²) in [5.74, 6) is -0.373. The van der Waals surface area contributed by atoms with E-state index in [9.17, 15) is 14.0 Å². The summed E-state index contributed by atoms with van der Waals surface area (Å²) < 4.78 is 21.9. The van der Waals surface area contributed by atoms with Crippen LogP contribution in [0.1, 0.15) is 65.9 Å². The molecule has 0 radical (unpaired) electrons. The van der Waals surface area contributed by atoms with E-state index in [-0.39, 0.29) is 23.0 Å². The lowest BCUT2D eigenvalue weighted by molar-refractivity contribution is 0.0205. The second-order valence-corrected chi connectivity index (χ2v) is 12.4. The van der Waals surface area contributed by atoms with E-state index in [4.69, 9.17) is 21.3 Å². The Morgan fingerprint density at radius 1 is 1.11 bits per heavy atom. The number of hydrogen-bond donors (Lipinski definition) is 0. The fourth-order valence-corrected chi connectivity index (χ4v) is 5.05. The predicted octanol–water partition coefficient (Wildman–Crippen LogP) is 7.02. The zero-order valence-electron chi connectivity index (χ0n) is 22.4. The Balaban J connectivity index is 1.78. The van der Waals surface area contributed by atoms with Crippen molar-refractivity contribution >= 4 is 28.7 Å². The molecule has 37 heavy (non-hydrogen) atoms. The number of carbonyl (C=O) groups is 1. The van der Waals surface area contributed by atoms with Crippen molar-refractivity contribution in [2.24, 2.45) is 5.41 Å². The molecule has 1 aromatic carbocycles. The molecule has 0 unspecified atom stereocenters. The molecule has 0 N–H and O–H groups in total. The third-order valence-corrected chi connectivity index (χ3v) is 6.70. The second kappa shape index (κ2) is 10.1. The van der Waals surface area contributed by atoms with Crippen LogP contribution < -0.4 is 5.56 Å². The average Bonchev–Trinajstić information content (AvgIpc) is 2.79. The molecule has 1 aliphatic rings. The molecule has 2 aromatic heterocycles. The molecule has 6 nitrogen and oxygen atoms in total. The van der Waals surface area contributed by atoms with Crippen molar-refractivity contribution in [1.29, 1.82) is 0 Å². The highest BCUT2D eigenvalue weighted by atomic mass is 35.5. The van der Waals surface area contributed by atoms with Crippen molar-refractivity contribution in [3.8, 4) is 11.3 Å². The maximum Gasteiger partial charge on any atom is 0.410 e. The van der Waals surface area contributed by atoms with Crippen LogP contribution >= 0.6 is 11.6 Å². The number of likely N-dealkylation sites (tertiary alicyclic amines) is 1. The molecule has 198 valence electrons. The minimum Gasteiger partial charge on any atom is -0.444 e. The van der Waals surface area contributed by atoms with Crippen LogP contribution in [0, 0.1) is 11.2 Å².